The fourth-order valence-corrected chi connectivity index (χ4v) is 5.12. The summed E-state index contributed by atoms with van der Waals surface area (Å²) in [5, 5.41) is 10.6. The lowest BCUT2D eigenvalue weighted by Crippen LogP contribution is -2.45. The zero-order valence-electron chi connectivity index (χ0n) is 21.9. The number of amides is 1. The molecule has 37 heavy (non-hydrogen) atoms. The van der Waals surface area contributed by atoms with E-state index in [1.54, 1.807) is 7.11 Å². The van der Waals surface area contributed by atoms with Crippen molar-refractivity contribution in [2.24, 2.45) is 5.92 Å². The van der Waals surface area contributed by atoms with Crippen LogP contribution in [0.5, 0.6) is 5.75 Å². The van der Waals surface area contributed by atoms with Crippen LogP contribution in [0.4, 0.5) is 17.5 Å². The number of rotatable bonds is 7. The van der Waals surface area contributed by atoms with Crippen molar-refractivity contribution in [3.63, 3.8) is 0 Å². The van der Waals surface area contributed by atoms with Gasteiger partial charge in [0.25, 0.3) is 5.91 Å². The van der Waals surface area contributed by atoms with Crippen LogP contribution >= 0.6 is 0 Å². The average molecular weight is 505 g/mol. The predicted octanol–water partition coefficient (Wildman–Crippen LogP) is 3.11. The molecule has 2 saturated heterocycles. The van der Waals surface area contributed by atoms with Crippen molar-refractivity contribution in [2.45, 2.75) is 26.2 Å². The Labute approximate surface area is 218 Å². The minimum atomic E-state index is 0.0190. The maximum atomic E-state index is 13.3. The van der Waals surface area contributed by atoms with Gasteiger partial charge in [-0.1, -0.05) is 12.1 Å². The Balaban J connectivity index is 1.34. The van der Waals surface area contributed by atoms with Crippen LogP contribution in [0.1, 0.15) is 34.7 Å². The van der Waals surface area contributed by atoms with E-state index in [0.717, 1.165) is 74.5 Å². The van der Waals surface area contributed by atoms with E-state index < -0.39 is 0 Å². The lowest BCUT2D eigenvalue weighted by Gasteiger charge is -2.34. The topological polar surface area (TPSA) is 103 Å². The van der Waals surface area contributed by atoms with E-state index in [2.05, 4.69) is 32.4 Å². The normalized spacial score (nSPS) is 18.6. The number of aromatic amines is 1. The van der Waals surface area contributed by atoms with Crippen molar-refractivity contribution in [2.75, 3.05) is 63.6 Å². The summed E-state index contributed by atoms with van der Waals surface area (Å²) in [4.78, 5) is 29.8. The molecule has 2 fully saturated rings. The number of aryl methyl sites for hydroxylation is 1. The number of piperazine rings is 1. The number of anilines is 3. The van der Waals surface area contributed by atoms with Gasteiger partial charge in [-0.25, -0.2) is 9.97 Å². The number of carbonyl (C=O) groups excluding carboxylic acids is 1. The molecule has 2 aromatic heterocycles. The van der Waals surface area contributed by atoms with Crippen molar-refractivity contribution in [3.8, 4) is 5.75 Å². The van der Waals surface area contributed by atoms with Crippen molar-refractivity contribution in [1.82, 2.24) is 30.0 Å². The number of benzene rings is 1. The van der Waals surface area contributed by atoms with Crippen LogP contribution in [-0.2, 0) is 6.42 Å². The van der Waals surface area contributed by atoms with Gasteiger partial charge < -0.3 is 24.8 Å². The van der Waals surface area contributed by atoms with E-state index in [0.29, 0.717) is 24.3 Å². The molecule has 2 aliphatic rings. The lowest BCUT2D eigenvalue weighted by atomic mass is 9.94. The van der Waals surface area contributed by atoms with Gasteiger partial charge in [0, 0.05) is 63.5 Å². The third kappa shape index (κ3) is 6.02. The number of para-hydroxylation sites is 1. The van der Waals surface area contributed by atoms with Crippen molar-refractivity contribution in [3.05, 3.63) is 53.5 Å². The first-order chi connectivity index (χ1) is 18.0. The fourth-order valence-electron chi connectivity index (χ4n) is 5.12. The molecule has 0 unspecified atom stereocenters. The molecule has 1 aromatic carbocycles. The zero-order chi connectivity index (χ0) is 25.8. The molecule has 2 aliphatic heterocycles. The summed E-state index contributed by atoms with van der Waals surface area (Å²) in [5.74, 6) is 4.12. The van der Waals surface area contributed by atoms with Crippen LogP contribution < -0.4 is 15.0 Å². The zero-order valence-corrected chi connectivity index (χ0v) is 21.9. The van der Waals surface area contributed by atoms with Crippen molar-refractivity contribution in [1.29, 1.82) is 0 Å². The monoisotopic (exact) mass is 504 g/mol. The third-order valence-corrected chi connectivity index (χ3v) is 7.16. The lowest BCUT2D eigenvalue weighted by molar-refractivity contribution is 0.0668. The van der Waals surface area contributed by atoms with Gasteiger partial charge in [0.15, 0.2) is 5.82 Å². The molecule has 0 aliphatic carbocycles. The molecule has 5 rings (SSSR count). The summed E-state index contributed by atoms with van der Waals surface area (Å²) in [6, 6.07) is 11.4. The van der Waals surface area contributed by atoms with Gasteiger partial charge in [0.05, 0.1) is 12.7 Å². The number of hydrogen-bond acceptors (Lipinski definition) is 8. The Kier molecular flexibility index (Phi) is 7.55. The molecule has 0 saturated carbocycles. The third-order valence-electron chi connectivity index (χ3n) is 7.16. The van der Waals surface area contributed by atoms with Crippen LogP contribution in [0.3, 0.4) is 0 Å². The molecular weight excluding hydrogens is 468 g/mol. The number of aromatic nitrogens is 4. The number of methoxy groups -OCH3 is 1. The summed E-state index contributed by atoms with van der Waals surface area (Å²) < 4.78 is 5.43. The van der Waals surface area contributed by atoms with Crippen LogP contribution in [0, 0.1) is 12.8 Å². The number of nitrogens with one attached hydrogen (secondary N) is 2. The van der Waals surface area contributed by atoms with Crippen LogP contribution in [-0.4, -0.2) is 89.3 Å². The van der Waals surface area contributed by atoms with Crippen LogP contribution in [0.2, 0.25) is 0 Å². The molecule has 0 radical (unpaired) electrons. The largest absolute Gasteiger partial charge is 0.496 e. The Morgan fingerprint density at radius 2 is 1.92 bits per heavy atom. The van der Waals surface area contributed by atoms with Crippen LogP contribution in [0.25, 0.3) is 0 Å². The highest BCUT2D eigenvalue weighted by Gasteiger charge is 2.27. The number of carbonyl (C=O) groups is 1. The van der Waals surface area contributed by atoms with E-state index in [1.165, 1.54) is 0 Å². The first-order valence-electron chi connectivity index (χ1n) is 13.0. The number of likely N-dealkylation sites (N-methyl/N-ethyl adjacent to an activating group) is 1. The standard InChI is InChI=1S/C27H36N8O2/c1-19-15-25(32-31-19)29-24-17-26(34-13-11-33(2)12-14-34)30-23(28-24)16-20-7-6-10-35(18-20)27(36)21-8-4-5-9-22(21)37-3/h4-5,8-9,15,17,20H,6-7,10-14,16,18H2,1-3H3,(H2,28,29,30,31,32)/t20-/m0/s1. The summed E-state index contributed by atoms with van der Waals surface area (Å²) >= 11 is 0. The Morgan fingerprint density at radius 1 is 1.11 bits per heavy atom. The molecular formula is C27H36N8O2. The quantitative estimate of drug-likeness (QED) is 0.506. The second-order valence-corrected chi connectivity index (χ2v) is 10.0. The Morgan fingerprint density at radius 3 is 2.68 bits per heavy atom. The van der Waals surface area contributed by atoms with Gasteiger partial charge in [-0.3, -0.25) is 9.89 Å². The maximum absolute atomic E-state index is 13.3. The van der Waals surface area contributed by atoms with E-state index in [1.807, 2.05) is 48.2 Å². The Hall–Kier alpha value is -3.66. The maximum Gasteiger partial charge on any atom is 0.257 e. The highest BCUT2D eigenvalue weighted by Crippen LogP contribution is 2.27. The van der Waals surface area contributed by atoms with Crippen molar-refractivity contribution < 1.29 is 9.53 Å². The summed E-state index contributed by atoms with van der Waals surface area (Å²) in [5.41, 5.74) is 1.60. The van der Waals surface area contributed by atoms with E-state index >= 15 is 0 Å². The minimum absolute atomic E-state index is 0.0190. The van der Waals surface area contributed by atoms with Gasteiger partial charge in [0.2, 0.25) is 0 Å². The molecule has 2 N–H and O–H groups in total. The molecule has 1 amide bonds. The van der Waals surface area contributed by atoms with Crippen LogP contribution in [0.15, 0.2) is 36.4 Å². The molecule has 0 spiro atoms. The second kappa shape index (κ2) is 11.2. The second-order valence-electron chi connectivity index (χ2n) is 10.0. The first kappa shape index (κ1) is 25.0. The highest BCUT2D eigenvalue weighted by atomic mass is 16.5. The SMILES string of the molecule is COc1ccccc1C(=O)N1CCC[C@@H](Cc2nc(Nc3cc(C)[nH]n3)cc(N3CCN(C)CC3)n2)C1. The number of H-pyrrole nitrogens is 1. The van der Waals surface area contributed by atoms with Crippen molar-refractivity contribution >= 4 is 23.4 Å². The Bertz CT molecular complexity index is 1220. The van der Waals surface area contributed by atoms with Gasteiger partial charge in [-0.15, -0.1) is 0 Å². The summed E-state index contributed by atoms with van der Waals surface area (Å²) in [6.07, 6.45) is 2.71. The van der Waals surface area contributed by atoms with Gasteiger partial charge in [-0.2, -0.15) is 5.10 Å². The molecule has 196 valence electrons. The fraction of sp³-hybridized carbons (Fsp3) is 0.481. The summed E-state index contributed by atoms with van der Waals surface area (Å²) in [6.45, 7) is 7.27. The van der Waals surface area contributed by atoms with Gasteiger partial charge in [-0.05, 0) is 44.9 Å². The highest BCUT2D eigenvalue weighted by molar-refractivity contribution is 5.97. The number of nitrogens with zero attached hydrogens (tertiary/aromatic N) is 6. The molecule has 4 heterocycles. The van der Waals surface area contributed by atoms with E-state index in [-0.39, 0.29) is 11.8 Å². The number of hydrogen-bond donors (Lipinski definition) is 2. The number of ether oxygens (including phenoxy) is 1. The molecule has 0 bridgehead atoms. The van der Waals surface area contributed by atoms with Gasteiger partial charge >= 0.3 is 0 Å². The van der Waals surface area contributed by atoms with E-state index in [4.69, 9.17) is 14.7 Å². The summed E-state index contributed by atoms with van der Waals surface area (Å²) in [7, 11) is 3.75. The molecule has 10 heteroatoms. The number of likely N-dealkylation sites (tertiary alicyclic amines) is 1. The molecule has 10 nitrogen and oxygen atoms in total. The van der Waals surface area contributed by atoms with Gasteiger partial charge in [0.1, 0.15) is 23.2 Å². The smallest absolute Gasteiger partial charge is 0.257 e. The first-order valence-corrected chi connectivity index (χ1v) is 13.0. The average Bonchev–Trinajstić information content (AvgIpc) is 3.32. The van der Waals surface area contributed by atoms with E-state index in [9.17, 15) is 4.79 Å². The molecule has 1 atom stereocenters. The number of piperidine rings is 1. The predicted molar refractivity (Wildman–Crippen MR) is 144 cm³/mol. The molecule has 3 aromatic rings. The minimum Gasteiger partial charge on any atom is -0.496 e.